The largest absolute Gasteiger partial charge is 0.494 e. The van der Waals surface area contributed by atoms with E-state index in [1.807, 2.05) is 37.1 Å². The van der Waals surface area contributed by atoms with Crippen LogP contribution in [0.25, 0.3) is 0 Å². The third-order valence-corrected chi connectivity index (χ3v) is 4.72. The first-order valence-corrected chi connectivity index (χ1v) is 8.52. The molecule has 3 rings (SSSR count). The molecule has 5 heteroatoms. The average molecular weight is 327 g/mol. The maximum Gasteiger partial charge on any atom is 0.274 e. The van der Waals surface area contributed by atoms with Gasteiger partial charge in [0.2, 0.25) is 0 Å². The first-order chi connectivity index (χ1) is 11.5. The van der Waals surface area contributed by atoms with Crippen molar-refractivity contribution in [1.29, 1.82) is 0 Å². The highest BCUT2D eigenvalue weighted by Crippen LogP contribution is 2.22. The van der Waals surface area contributed by atoms with E-state index in [1.165, 1.54) is 5.56 Å². The highest BCUT2D eigenvalue weighted by Gasteiger charge is 2.28. The Kier molecular flexibility index (Phi) is 4.88. The Labute approximate surface area is 143 Å². The lowest BCUT2D eigenvalue weighted by Crippen LogP contribution is -2.29. The van der Waals surface area contributed by atoms with Crippen molar-refractivity contribution in [2.24, 2.45) is 13.0 Å². The van der Waals surface area contributed by atoms with Crippen molar-refractivity contribution in [2.45, 2.75) is 26.7 Å². The summed E-state index contributed by atoms with van der Waals surface area (Å²) in [5.41, 5.74) is 2.78. The maximum absolute atomic E-state index is 12.5. The topological polar surface area (TPSA) is 47.4 Å². The van der Waals surface area contributed by atoms with E-state index < -0.39 is 0 Å². The van der Waals surface area contributed by atoms with Gasteiger partial charge < -0.3 is 9.64 Å². The van der Waals surface area contributed by atoms with Gasteiger partial charge in [0.25, 0.3) is 5.91 Å². The Morgan fingerprint density at radius 3 is 2.71 bits per heavy atom. The van der Waals surface area contributed by atoms with Crippen LogP contribution >= 0.6 is 0 Å². The summed E-state index contributed by atoms with van der Waals surface area (Å²) in [6, 6.07) is 9.98. The van der Waals surface area contributed by atoms with Crippen molar-refractivity contribution in [2.75, 3.05) is 19.7 Å². The molecule has 5 nitrogen and oxygen atoms in total. The smallest absolute Gasteiger partial charge is 0.274 e. The fourth-order valence-corrected chi connectivity index (χ4v) is 3.06. The van der Waals surface area contributed by atoms with Crippen LogP contribution in [0.1, 0.15) is 34.6 Å². The van der Waals surface area contributed by atoms with Gasteiger partial charge in [-0.25, -0.2) is 0 Å². The van der Waals surface area contributed by atoms with Gasteiger partial charge in [-0.05, 0) is 50.8 Å². The zero-order valence-corrected chi connectivity index (χ0v) is 14.7. The van der Waals surface area contributed by atoms with Gasteiger partial charge in [0.05, 0.1) is 6.61 Å². The number of carbonyl (C=O) groups excluding carboxylic acids is 1. The van der Waals surface area contributed by atoms with Gasteiger partial charge in [-0.1, -0.05) is 17.7 Å². The molecule has 2 heterocycles. The van der Waals surface area contributed by atoms with Crippen molar-refractivity contribution < 1.29 is 9.53 Å². The second kappa shape index (κ2) is 7.07. The lowest BCUT2D eigenvalue weighted by Gasteiger charge is -2.15. The van der Waals surface area contributed by atoms with Gasteiger partial charge in [0.1, 0.15) is 5.75 Å². The maximum atomic E-state index is 12.5. The number of aryl methyl sites for hydroxylation is 3. The first-order valence-electron chi connectivity index (χ1n) is 8.52. The van der Waals surface area contributed by atoms with Crippen LogP contribution in [0.3, 0.4) is 0 Å². The van der Waals surface area contributed by atoms with Crippen molar-refractivity contribution in [3.63, 3.8) is 0 Å². The number of amides is 1. The Morgan fingerprint density at radius 2 is 2.04 bits per heavy atom. The van der Waals surface area contributed by atoms with E-state index in [4.69, 9.17) is 4.74 Å². The van der Waals surface area contributed by atoms with Crippen LogP contribution in [0.2, 0.25) is 0 Å². The van der Waals surface area contributed by atoms with Crippen LogP contribution in [0, 0.1) is 19.8 Å². The van der Waals surface area contributed by atoms with Gasteiger partial charge in [-0.3, -0.25) is 9.48 Å². The number of hydrogen-bond donors (Lipinski definition) is 0. The molecule has 1 aromatic heterocycles. The summed E-state index contributed by atoms with van der Waals surface area (Å²) < 4.78 is 7.55. The predicted octanol–water partition coefficient (Wildman–Crippen LogP) is 2.97. The molecule has 1 unspecified atom stereocenters. The van der Waals surface area contributed by atoms with Crippen LogP contribution in [-0.4, -0.2) is 40.3 Å². The molecular weight excluding hydrogens is 302 g/mol. The van der Waals surface area contributed by atoms with Gasteiger partial charge >= 0.3 is 0 Å². The number of likely N-dealkylation sites (tertiary alicyclic amines) is 1. The number of hydrogen-bond acceptors (Lipinski definition) is 3. The molecule has 1 amide bonds. The fraction of sp³-hybridized carbons (Fsp3) is 0.474. The Balaban J connectivity index is 1.46. The third-order valence-electron chi connectivity index (χ3n) is 4.72. The molecule has 1 aliphatic rings. The number of ether oxygens (including phenoxy) is 1. The SMILES string of the molecule is Cc1ccc(OCCC2CCN(C(=O)c3cc(C)n(C)n3)C2)cc1. The van der Waals surface area contributed by atoms with Crippen LogP contribution in [0.4, 0.5) is 0 Å². The average Bonchev–Trinajstić information content (AvgIpc) is 3.16. The van der Waals surface area contributed by atoms with E-state index in [0.717, 1.165) is 37.4 Å². The van der Waals surface area contributed by atoms with Crippen LogP contribution in [0.5, 0.6) is 5.75 Å². The quantitative estimate of drug-likeness (QED) is 0.848. The van der Waals surface area contributed by atoms with Crippen LogP contribution in [-0.2, 0) is 7.05 Å². The van der Waals surface area contributed by atoms with Crippen LogP contribution < -0.4 is 4.74 Å². The van der Waals surface area contributed by atoms with Crippen molar-refractivity contribution in [3.8, 4) is 5.75 Å². The van der Waals surface area contributed by atoms with E-state index in [0.29, 0.717) is 18.2 Å². The lowest BCUT2D eigenvalue weighted by atomic mass is 10.1. The molecule has 1 aliphatic heterocycles. The third kappa shape index (κ3) is 3.78. The highest BCUT2D eigenvalue weighted by molar-refractivity contribution is 5.92. The Morgan fingerprint density at radius 1 is 1.29 bits per heavy atom. The summed E-state index contributed by atoms with van der Waals surface area (Å²) in [7, 11) is 1.86. The molecule has 1 aromatic carbocycles. The van der Waals surface area contributed by atoms with E-state index in [2.05, 4.69) is 24.2 Å². The molecule has 2 aromatic rings. The van der Waals surface area contributed by atoms with E-state index in [-0.39, 0.29) is 5.91 Å². The molecule has 24 heavy (non-hydrogen) atoms. The molecule has 0 saturated carbocycles. The number of aromatic nitrogens is 2. The zero-order valence-electron chi connectivity index (χ0n) is 14.7. The normalized spacial score (nSPS) is 17.3. The second-order valence-electron chi connectivity index (χ2n) is 6.65. The minimum absolute atomic E-state index is 0.0423. The summed E-state index contributed by atoms with van der Waals surface area (Å²) in [6.45, 7) is 6.32. The summed E-state index contributed by atoms with van der Waals surface area (Å²) in [4.78, 5) is 14.4. The lowest BCUT2D eigenvalue weighted by molar-refractivity contribution is 0.0778. The summed E-state index contributed by atoms with van der Waals surface area (Å²) in [5, 5.41) is 4.29. The zero-order chi connectivity index (χ0) is 17.1. The van der Waals surface area contributed by atoms with E-state index in [9.17, 15) is 4.79 Å². The van der Waals surface area contributed by atoms with Gasteiger partial charge in [-0.2, -0.15) is 5.10 Å². The molecule has 0 spiro atoms. The monoisotopic (exact) mass is 327 g/mol. The minimum Gasteiger partial charge on any atom is -0.494 e. The molecule has 0 N–H and O–H groups in total. The standard InChI is InChI=1S/C19H25N3O2/c1-14-4-6-17(7-5-14)24-11-9-16-8-10-22(13-16)19(23)18-12-15(2)21(3)20-18/h4-7,12,16H,8-11,13H2,1-3H3. The second-order valence-corrected chi connectivity index (χ2v) is 6.65. The van der Waals surface area contributed by atoms with E-state index >= 15 is 0 Å². The minimum atomic E-state index is 0.0423. The van der Waals surface area contributed by atoms with Gasteiger partial charge in [-0.15, -0.1) is 0 Å². The van der Waals surface area contributed by atoms with Crippen molar-refractivity contribution >= 4 is 5.91 Å². The number of nitrogens with zero attached hydrogens (tertiary/aromatic N) is 3. The van der Waals surface area contributed by atoms with Gasteiger partial charge in [0, 0.05) is 25.8 Å². The number of benzene rings is 1. The molecule has 0 bridgehead atoms. The predicted molar refractivity (Wildman–Crippen MR) is 93.2 cm³/mol. The summed E-state index contributed by atoms with van der Waals surface area (Å²) in [6.07, 6.45) is 2.01. The van der Waals surface area contributed by atoms with Crippen molar-refractivity contribution in [3.05, 3.63) is 47.3 Å². The Bertz CT molecular complexity index is 686. The highest BCUT2D eigenvalue weighted by atomic mass is 16.5. The summed E-state index contributed by atoms with van der Waals surface area (Å²) in [5.74, 6) is 1.46. The molecular formula is C19H25N3O2. The molecule has 1 atom stereocenters. The van der Waals surface area contributed by atoms with Gasteiger partial charge in [0.15, 0.2) is 5.69 Å². The molecule has 0 radical (unpaired) electrons. The molecule has 1 saturated heterocycles. The molecule has 0 aliphatic carbocycles. The molecule has 1 fully saturated rings. The fourth-order valence-electron chi connectivity index (χ4n) is 3.06. The van der Waals surface area contributed by atoms with Crippen LogP contribution in [0.15, 0.2) is 30.3 Å². The summed E-state index contributed by atoms with van der Waals surface area (Å²) >= 11 is 0. The number of rotatable bonds is 5. The molecule has 128 valence electrons. The Hall–Kier alpha value is -2.30. The number of carbonyl (C=O) groups is 1. The first kappa shape index (κ1) is 16.6. The van der Waals surface area contributed by atoms with E-state index in [1.54, 1.807) is 4.68 Å². The van der Waals surface area contributed by atoms with Crippen molar-refractivity contribution in [1.82, 2.24) is 14.7 Å².